The average Bonchev–Trinajstić information content (AvgIpc) is 2.44. The van der Waals surface area contributed by atoms with E-state index in [4.69, 9.17) is 0 Å². The fourth-order valence-corrected chi connectivity index (χ4v) is 2.41. The van der Waals surface area contributed by atoms with E-state index in [0.717, 1.165) is 21.9 Å². The van der Waals surface area contributed by atoms with Crippen molar-refractivity contribution in [3.05, 3.63) is 41.6 Å². The maximum absolute atomic E-state index is 12.8. The Balaban J connectivity index is 2.55. The molecule has 1 heterocycles. The number of aryl methyl sites for hydroxylation is 1. The van der Waals surface area contributed by atoms with Gasteiger partial charge in [-0.3, -0.25) is 9.78 Å². The van der Waals surface area contributed by atoms with Crippen molar-refractivity contribution in [3.8, 4) is 0 Å². The fourth-order valence-electron chi connectivity index (χ4n) is 2.03. The Hall–Kier alpha value is -1.42. The van der Waals surface area contributed by atoms with Crippen LogP contribution in [0.1, 0.15) is 29.9 Å². The van der Waals surface area contributed by atoms with Crippen LogP contribution in [0.3, 0.4) is 0 Å². The lowest BCUT2D eigenvalue weighted by Crippen LogP contribution is -2.46. The van der Waals surface area contributed by atoms with Crippen molar-refractivity contribution < 1.29 is 4.79 Å². The monoisotopic (exact) mass is 334 g/mol. The Kier molecular flexibility index (Phi) is 4.14. The van der Waals surface area contributed by atoms with Crippen LogP contribution in [0.2, 0.25) is 0 Å². The summed E-state index contributed by atoms with van der Waals surface area (Å²) < 4.78 is 0. The molecule has 0 aliphatic rings. The number of benzene rings is 1. The van der Waals surface area contributed by atoms with Crippen LogP contribution in [0.4, 0.5) is 0 Å². The van der Waals surface area contributed by atoms with Crippen molar-refractivity contribution in [1.82, 2.24) is 9.88 Å². The quantitative estimate of drug-likeness (QED) is 0.800. The first-order chi connectivity index (χ1) is 9.36. The number of alkyl halides is 1. The van der Waals surface area contributed by atoms with E-state index in [1.807, 2.05) is 58.2 Å². The van der Waals surface area contributed by atoms with Crippen LogP contribution < -0.4 is 0 Å². The van der Waals surface area contributed by atoms with Gasteiger partial charge in [-0.25, -0.2) is 0 Å². The van der Waals surface area contributed by atoms with Crippen molar-refractivity contribution in [2.75, 3.05) is 12.4 Å². The first-order valence-electron chi connectivity index (χ1n) is 6.57. The highest BCUT2D eigenvalue weighted by Crippen LogP contribution is 2.23. The first-order valence-corrected chi connectivity index (χ1v) is 7.69. The third-order valence-corrected chi connectivity index (χ3v) is 4.99. The van der Waals surface area contributed by atoms with Gasteiger partial charge >= 0.3 is 0 Å². The molecule has 2 aromatic rings. The fraction of sp³-hybridized carbons (Fsp3) is 0.375. The molecule has 1 aromatic heterocycles. The van der Waals surface area contributed by atoms with Crippen molar-refractivity contribution in [2.24, 2.45) is 0 Å². The number of pyridine rings is 1. The molecule has 4 heteroatoms. The second-order valence-electron chi connectivity index (χ2n) is 5.64. The lowest BCUT2D eigenvalue weighted by molar-refractivity contribution is 0.0665. The molecule has 0 bridgehead atoms. The molecule has 0 saturated heterocycles. The van der Waals surface area contributed by atoms with E-state index >= 15 is 0 Å². The molecule has 2 rings (SSSR count). The number of aromatic nitrogens is 1. The van der Waals surface area contributed by atoms with Crippen LogP contribution in [-0.4, -0.2) is 33.7 Å². The highest BCUT2D eigenvalue weighted by molar-refractivity contribution is 9.09. The van der Waals surface area contributed by atoms with Crippen molar-refractivity contribution in [1.29, 1.82) is 0 Å². The van der Waals surface area contributed by atoms with Crippen LogP contribution in [-0.2, 0) is 0 Å². The molecular formula is C16H19BrN2O. The topological polar surface area (TPSA) is 33.2 Å². The number of para-hydroxylation sites is 1. The molecule has 3 nitrogen and oxygen atoms in total. The number of halogens is 1. The zero-order valence-electron chi connectivity index (χ0n) is 12.3. The van der Waals surface area contributed by atoms with Crippen LogP contribution in [0.25, 0.3) is 10.9 Å². The van der Waals surface area contributed by atoms with Crippen molar-refractivity contribution in [2.45, 2.75) is 26.3 Å². The number of amides is 1. The molecule has 0 N–H and O–H groups in total. The Morgan fingerprint density at radius 3 is 2.65 bits per heavy atom. The summed E-state index contributed by atoms with van der Waals surface area (Å²) in [7, 11) is 1.84. The van der Waals surface area contributed by atoms with Gasteiger partial charge in [0.05, 0.1) is 11.1 Å². The third-order valence-electron chi connectivity index (χ3n) is 3.61. The number of fused-ring (bicyclic) bond motifs is 1. The van der Waals surface area contributed by atoms with E-state index in [-0.39, 0.29) is 11.4 Å². The van der Waals surface area contributed by atoms with Crippen LogP contribution in [0.15, 0.2) is 30.3 Å². The van der Waals surface area contributed by atoms with Crippen LogP contribution >= 0.6 is 15.9 Å². The number of rotatable bonds is 3. The lowest BCUT2D eigenvalue weighted by atomic mass is 10.0. The number of nitrogens with zero attached hydrogens (tertiary/aromatic N) is 2. The predicted octanol–water partition coefficient (Wildman–Crippen LogP) is 3.79. The molecule has 0 unspecified atom stereocenters. The summed E-state index contributed by atoms with van der Waals surface area (Å²) in [6, 6.07) is 9.63. The second kappa shape index (κ2) is 5.52. The van der Waals surface area contributed by atoms with Crippen molar-refractivity contribution >= 4 is 32.7 Å². The molecule has 0 aliphatic carbocycles. The molecule has 20 heavy (non-hydrogen) atoms. The van der Waals surface area contributed by atoms with E-state index in [1.165, 1.54) is 0 Å². The summed E-state index contributed by atoms with van der Waals surface area (Å²) in [6.07, 6.45) is 0. The maximum atomic E-state index is 12.8. The summed E-state index contributed by atoms with van der Waals surface area (Å²) >= 11 is 3.47. The molecule has 0 saturated carbocycles. The summed E-state index contributed by atoms with van der Waals surface area (Å²) in [6.45, 7) is 5.99. The number of hydrogen-bond donors (Lipinski definition) is 0. The van der Waals surface area contributed by atoms with E-state index in [1.54, 1.807) is 4.90 Å². The van der Waals surface area contributed by atoms with Gasteiger partial charge in [-0.05, 0) is 32.9 Å². The Bertz CT molecular complexity index is 652. The standard InChI is InChI=1S/C16H19BrN2O/c1-11-9-13(12-7-5-6-8-14(12)18-11)15(20)19(4)16(2,3)10-17/h5-9H,10H2,1-4H3. The summed E-state index contributed by atoms with van der Waals surface area (Å²) in [5.41, 5.74) is 2.19. The van der Waals surface area contributed by atoms with Gasteiger partial charge in [0.25, 0.3) is 5.91 Å². The zero-order valence-corrected chi connectivity index (χ0v) is 13.9. The van der Waals surface area contributed by atoms with Gasteiger partial charge < -0.3 is 4.90 Å². The van der Waals surface area contributed by atoms with Crippen molar-refractivity contribution in [3.63, 3.8) is 0 Å². The average molecular weight is 335 g/mol. The van der Waals surface area contributed by atoms with Gasteiger partial charge in [0.1, 0.15) is 0 Å². The second-order valence-corrected chi connectivity index (χ2v) is 6.20. The number of hydrogen-bond acceptors (Lipinski definition) is 2. The highest BCUT2D eigenvalue weighted by atomic mass is 79.9. The van der Waals surface area contributed by atoms with Gasteiger partial charge in [0, 0.05) is 29.0 Å². The smallest absolute Gasteiger partial charge is 0.254 e. The van der Waals surface area contributed by atoms with Crippen LogP contribution in [0.5, 0.6) is 0 Å². The molecule has 106 valence electrons. The lowest BCUT2D eigenvalue weighted by Gasteiger charge is -2.34. The summed E-state index contributed by atoms with van der Waals surface area (Å²) in [4.78, 5) is 19.1. The van der Waals surface area contributed by atoms with Gasteiger partial charge in [-0.2, -0.15) is 0 Å². The maximum Gasteiger partial charge on any atom is 0.254 e. The van der Waals surface area contributed by atoms with E-state index in [9.17, 15) is 4.79 Å². The molecule has 0 aliphatic heterocycles. The molecule has 0 spiro atoms. The van der Waals surface area contributed by atoms with E-state index in [2.05, 4.69) is 20.9 Å². The molecule has 0 atom stereocenters. The number of carbonyl (C=O) groups excluding carboxylic acids is 1. The Labute approximate surface area is 128 Å². The SMILES string of the molecule is Cc1cc(C(=O)N(C)C(C)(C)CBr)c2ccccc2n1. The van der Waals surface area contributed by atoms with Gasteiger partial charge in [-0.1, -0.05) is 34.1 Å². The molecule has 0 fully saturated rings. The molecule has 0 radical (unpaired) electrons. The molecule has 1 aromatic carbocycles. The van der Waals surface area contributed by atoms with Gasteiger partial charge in [0.15, 0.2) is 0 Å². The summed E-state index contributed by atoms with van der Waals surface area (Å²) in [5, 5.41) is 1.63. The van der Waals surface area contributed by atoms with E-state index < -0.39 is 0 Å². The first kappa shape index (κ1) is 15.0. The van der Waals surface area contributed by atoms with Gasteiger partial charge in [-0.15, -0.1) is 0 Å². The summed E-state index contributed by atoms with van der Waals surface area (Å²) in [5.74, 6) is 0.0242. The third kappa shape index (κ3) is 2.70. The normalized spacial score (nSPS) is 11.7. The van der Waals surface area contributed by atoms with Crippen LogP contribution in [0, 0.1) is 6.92 Å². The Morgan fingerprint density at radius 2 is 2.00 bits per heavy atom. The highest BCUT2D eigenvalue weighted by Gasteiger charge is 2.28. The number of carbonyl (C=O) groups is 1. The van der Waals surface area contributed by atoms with Gasteiger partial charge in [0.2, 0.25) is 0 Å². The zero-order chi connectivity index (χ0) is 14.9. The minimum atomic E-state index is -0.241. The largest absolute Gasteiger partial charge is 0.336 e. The predicted molar refractivity (Wildman–Crippen MR) is 86.4 cm³/mol. The Morgan fingerprint density at radius 1 is 1.35 bits per heavy atom. The minimum absolute atomic E-state index is 0.0242. The van der Waals surface area contributed by atoms with E-state index in [0.29, 0.717) is 5.56 Å². The molecular weight excluding hydrogens is 316 g/mol. The minimum Gasteiger partial charge on any atom is -0.336 e. The molecule has 1 amide bonds.